The maximum Gasteiger partial charge on any atom is 0.336 e. The molecule has 2 aromatic carbocycles. The van der Waals surface area contributed by atoms with Gasteiger partial charge in [-0.25, -0.2) is 4.79 Å². The molecule has 1 N–H and O–H groups in total. The maximum atomic E-state index is 13.0. The fraction of sp³-hybridized carbons (Fsp3) is 0.333. The number of Topliss-reactive ketones (excluding diaryl/α,β-unsaturated/α-hetero) is 1. The number of hydrogen-bond donors (Lipinski definition) is 1. The van der Waals surface area contributed by atoms with Crippen LogP contribution < -0.4 is 14.8 Å². The molecule has 1 atom stereocenters. The summed E-state index contributed by atoms with van der Waals surface area (Å²) in [6, 6.07) is 15.5. The summed E-state index contributed by atoms with van der Waals surface area (Å²) in [6.45, 7) is 4.30. The predicted octanol–water partition coefficient (Wildman–Crippen LogP) is 4.81. The Balaban J connectivity index is 1.73. The molecule has 0 saturated heterocycles. The Morgan fingerprint density at radius 3 is 2.61 bits per heavy atom. The third-order valence-electron chi connectivity index (χ3n) is 6.03. The van der Waals surface area contributed by atoms with Crippen molar-refractivity contribution in [3.8, 4) is 11.5 Å². The van der Waals surface area contributed by atoms with Crippen molar-refractivity contribution in [2.24, 2.45) is 0 Å². The molecule has 1 heterocycles. The molecule has 6 heteroatoms. The zero-order valence-electron chi connectivity index (χ0n) is 19.3. The van der Waals surface area contributed by atoms with Gasteiger partial charge in [0.2, 0.25) is 0 Å². The van der Waals surface area contributed by atoms with E-state index in [1.807, 2.05) is 55.5 Å². The summed E-state index contributed by atoms with van der Waals surface area (Å²) >= 11 is 0. The van der Waals surface area contributed by atoms with Gasteiger partial charge >= 0.3 is 5.97 Å². The van der Waals surface area contributed by atoms with E-state index in [0.717, 1.165) is 35.4 Å². The molecular formula is C27H29NO5. The molecule has 2 aromatic rings. The number of nitrogens with one attached hydrogen (secondary N) is 1. The lowest BCUT2D eigenvalue weighted by molar-refractivity contribution is -0.138. The highest BCUT2D eigenvalue weighted by Crippen LogP contribution is 2.44. The highest BCUT2D eigenvalue weighted by Gasteiger charge is 2.39. The summed E-state index contributed by atoms with van der Waals surface area (Å²) < 4.78 is 17.0. The van der Waals surface area contributed by atoms with Gasteiger partial charge in [0.05, 0.1) is 19.3 Å². The van der Waals surface area contributed by atoms with Crippen LogP contribution in [0.4, 0.5) is 0 Å². The largest absolute Gasteiger partial charge is 0.493 e. The first kappa shape index (κ1) is 22.6. The van der Waals surface area contributed by atoms with Crippen molar-refractivity contribution in [1.29, 1.82) is 0 Å². The number of ether oxygens (including phenoxy) is 3. The Labute approximate surface area is 194 Å². The Hall–Kier alpha value is -3.54. The highest BCUT2D eigenvalue weighted by atomic mass is 16.5. The van der Waals surface area contributed by atoms with Crippen LogP contribution in [0.2, 0.25) is 0 Å². The molecule has 4 rings (SSSR count). The fourth-order valence-electron chi connectivity index (χ4n) is 4.51. The van der Waals surface area contributed by atoms with Crippen LogP contribution in [-0.2, 0) is 20.9 Å². The van der Waals surface area contributed by atoms with Crippen molar-refractivity contribution in [1.82, 2.24) is 5.32 Å². The fourth-order valence-corrected chi connectivity index (χ4v) is 4.51. The molecule has 0 amide bonds. The SMILES string of the molecule is CCOC(=O)C1=C(C)NC2=C(C(=O)CCC2)C1c1ccc(OCc2ccccc2)c(OC)c1. The lowest BCUT2D eigenvalue weighted by Crippen LogP contribution is -2.34. The van der Waals surface area contributed by atoms with Crippen molar-refractivity contribution in [2.75, 3.05) is 13.7 Å². The number of benzene rings is 2. The number of methoxy groups -OCH3 is 1. The van der Waals surface area contributed by atoms with Gasteiger partial charge in [-0.15, -0.1) is 0 Å². The first-order valence-corrected chi connectivity index (χ1v) is 11.3. The van der Waals surface area contributed by atoms with Crippen molar-refractivity contribution in [3.63, 3.8) is 0 Å². The zero-order chi connectivity index (χ0) is 23.4. The van der Waals surface area contributed by atoms with Gasteiger partial charge in [-0.1, -0.05) is 36.4 Å². The number of allylic oxidation sites excluding steroid dienone is 3. The Bertz CT molecular complexity index is 1120. The van der Waals surface area contributed by atoms with Gasteiger partial charge in [0.1, 0.15) is 6.61 Å². The summed E-state index contributed by atoms with van der Waals surface area (Å²) in [7, 11) is 1.58. The molecule has 0 bridgehead atoms. The van der Waals surface area contributed by atoms with Crippen LogP contribution in [0.25, 0.3) is 0 Å². The topological polar surface area (TPSA) is 73.9 Å². The van der Waals surface area contributed by atoms with Gasteiger partial charge in [-0.05, 0) is 49.9 Å². The van der Waals surface area contributed by atoms with E-state index in [-0.39, 0.29) is 12.4 Å². The van der Waals surface area contributed by atoms with Gasteiger partial charge < -0.3 is 19.5 Å². The van der Waals surface area contributed by atoms with E-state index < -0.39 is 11.9 Å². The van der Waals surface area contributed by atoms with Crippen LogP contribution >= 0.6 is 0 Å². The number of carbonyl (C=O) groups is 2. The van der Waals surface area contributed by atoms with Crippen molar-refractivity contribution in [3.05, 3.63) is 82.2 Å². The van der Waals surface area contributed by atoms with E-state index in [1.165, 1.54) is 0 Å². The minimum Gasteiger partial charge on any atom is -0.493 e. The Kier molecular flexibility index (Phi) is 6.82. The molecule has 172 valence electrons. The number of rotatable bonds is 7. The third kappa shape index (κ3) is 4.65. The van der Waals surface area contributed by atoms with Gasteiger partial charge in [0.15, 0.2) is 17.3 Å². The summed E-state index contributed by atoms with van der Waals surface area (Å²) in [5.74, 6) is 0.284. The second-order valence-electron chi connectivity index (χ2n) is 8.17. The third-order valence-corrected chi connectivity index (χ3v) is 6.03. The molecule has 0 radical (unpaired) electrons. The molecule has 0 saturated carbocycles. The maximum absolute atomic E-state index is 13.0. The highest BCUT2D eigenvalue weighted by molar-refractivity contribution is 6.03. The van der Waals surface area contributed by atoms with E-state index in [9.17, 15) is 9.59 Å². The number of esters is 1. The first-order chi connectivity index (χ1) is 16.0. The molecule has 6 nitrogen and oxygen atoms in total. The molecule has 2 aliphatic rings. The monoisotopic (exact) mass is 447 g/mol. The molecule has 1 unspecified atom stereocenters. The number of ketones is 1. The molecule has 1 aliphatic carbocycles. The van der Waals surface area contributed by atoms with Crippen molar-refractivity contribution in [2.45, 2.75) is 45.6 Å². The molecule has 0 fully saturated rings. The first-order valence-electron chi connectivity index (χ1n) is 11.3. The standard InChI is InChI=1S/C27H29NO5/c1-4-32-27(30)24-17(2)28-20-11-8-12-21(29)26(20)25(24)19-13-14-22(23(15-19)31-3)33-16-18-9-6-5-7-10-18/h5-7,9-10,13-15,25,28H,4,8,11-12,16H2,1-3H3. The predicted molar refractivity (Wildman–Crippen MR) is 125 cm³/mol. The summed E-state index contributed by atoms with van der Waals surface area (Å²) in [6.07, 6.45) is 2.05. The lowest BCUT2D eigenvalue weighted by atomic mass is 9.75. The van der Waals surface area contributed by atoms with Crippen LogP contribution in [0.1, 0.15) is 50.2 Å². The minimum atomic E-state index is -0.509. The average molecular weight is 448 g/mol. The Morgan fingerprint density at radius 2 is 1.88 bits per heavy atom. The van der Waals surface area contributed by atoms with E-state index >= 15 is 0 Å². The normalized spacial score (nSPS) is 17.9. The summed E-state index contributed by atoms with van der Waals surface area (Å²) in [5.41, 5.74) is 4.57. The van der Waals surface area contributed by atoms with Crippen LogP contribution in [0.15, 0.2) is 71.1 Å². The van der Waals surface area contributed by atoms with E-state index in [2.05, 4.69) is 5.32 Å². The van der Waals surface area contributed by atoms with Crippen molar-refractivity contribution < 1.29 is 23.8 Å². The molecule has 1 aliphatic heterocycles. The van der Waals surface area contributed by atoms with Crippen LogP contribution in [-0.4, -0.2) is 25.5 Å². The Morgan fingerprint density at radius 1 is 1.09 bits per heavy atom. The van der Waals surface area contributed by atoms with Gasteiger partial charge in [-0.3, -0.25) is 4.79 Å². The van der Waals surface area contributed by atoms with Gasteiger partial charge in [0.25, 0.3) is 0 Å². The van der Waals surface area contributed by atoms with Crippen LogP contribution in [0, 0.1) is 0 Å². The summed E-state index contributed by atoms with van der Waals surface area (Å²) in [4.78, 5) is 25.9. The van der Waals surface area contributed by atoms with Crippen LogP contribution in [0.5, 0.6) is 11.5 Å². The molecule has 0 aromatic heterocycles. The smallest absolute Gasteiger partial charge is 0.336 e. The lowest BCUT2D eigenvalue weighted by Gasteiger charge is -2.34. The minimum absolute atomic E-state index is 0.0615. The van der Waals surface area contributed by atoms with Gasteiger partial charge in [-0.2, -0.15) is 0 Å². The van der Waals surface area contributed by atoms with E-state index in [4.69, 9.17) is 14.2 Å². The van der Waals surface area contributed by atoms with Crippen LogP contribution in [0.3, 0.4) is 0 Å². The van der Waals surface area contributed by atoms with E-state index in [0.29, 0.717) is 35.7 Å². The van der Waals surface area contributed by atoms with E-state index in [1.54, 1.807) is 14.0 Å². The summed E-state index contributed by atoms with van der Waals surface area (Å²) in [5, 5.41) is 3.30. The zero-order valence-corrected chi connectivity index (χ0v) is 19.3. The second kappa shape index (κ2) is 9.94. The molecule has 33 heavy (non-hydrogen) atoms. The average Bonchev–Trinajstić information content (AvgIpc) is 2.82. The van der Waals surface area contributed by atoms with Crippen molar-refractivity contribution >= 4 is 11.8 Å². The number of dihydropyridines is 1. The number of carbonyl (C=O) groups excluding carboxylic acids is 2. The second-order valence-corrected chi connectivity index (χ2v) is 8.17. The molecule has 0 spiro atoms. The quantitative estimate of drug-likeness (QED) is 0.615. The van der Waals surface area contributed by atoms with Gasteiger partial charge in [0, 0.05) is 29.3 Å². The number of hydrogen-bond acceptors (Lipinski definition) is 6. The molecular weight excluding hydrogens is 418 g/mol.